The minimum Gasteiger partial charge on any atom is -0.456 e. The second kappa shape index (κ2) is 6.20. The molecule has 7 heteroatoms. The van der Waals surface area contributed by atoms with E-state index in [0.29, 0.717) is 42.3 Å². The van der Waals surface area contributed by atoms with Gasteiger partial charge in [-0.15, -0.1) is 0 Å². The molecule has 1 aliphatic rings. The number of fused-ring (bicyclic) bond motifs is 3. The van der Waals surface area contributed by atoms with Crippen molar-refractivity contribution in [2.45, 2.75) is 50.0 Å². The average Bonchev–Trinajstić information content (AvgIpc) is 2.85. The minimum atomic E-state index is -3.58. The molecule has 130 valence electrons. The van der Waals surface area contributed by atoms with Crippen LogP contribution in [0.3, 0.4) is 0 Å². The zero-order valence-electron chi connectivity index (χ0n) is 13.7. The molecule has 1 N–H and O–H groups in total. The first-order chi connectivity index (χ1) is 11.3. The summed E-state index contributed by atoms with van der Waals surface area (Å²) in [7, 11) is -3.58. The van der Waals surface area contributed by atoms with Crippen molar-refractivity contribution in [2.24, 2.45) is 0 Å². The molecule has 0 spiro atoms. The van der Waals surface area contributed by atoms with E-state index in [0.717, 1.165) is 24.3 Å². The van der Waals surface area contributed by atoms with Crippen molar-refractivity contribution in [3.63, 3.8) is 0 Å². The zero-order valence-corrected chi connectivity index (χ0v) is 14.5. The molecule has 1 atom stereocenters. The Morgan fingerprint density at radius 2 is 2.17 bits per heavy atom. The van der Waals surface area contributed by atoms with Crippen LogP contribution in [0.2, 0.25) is 0 Å². The number of carbonyl (C=O) groups is 1. The summed E-state index contributed by atoms with van der Waals surface area (Å²) in [6.07, 6.45) is 3.84. The maximum atomic E-state index is 13.9. The van der Waals surface area contributed by atoms with Crippen LogP contribution in [0, 0.1) is 5.82 Å². The molecule has 0 radical (unpaired) electrons. The highest BCUT2D eigenvalue weighted by atomic mass is 32.2. The Bertz CT molecular complexity index is 901. The number of aromatic nitrogens is 1. The largest absolute Gasteiger partial charge is 0.456 e. The van der Waals surface area contributed by atoms with E-state index in [1.54, 1.807) is 0 Å². The highest BCUT2D eigenvalue weighted by molar-refractivity contribution is 7.91. The Kier molecular flexibility index (Phi) is 4.38. The zero-order chi connectivity index (χ0) is 17.5. The number of esters is 1. The lowest BCUT2D eigenvalue weighted by molar-refractivity contribution is -0.150. The number of carbonyl (C=O) groups excluding carboxylic acids is 1. The number of sulfone groups is 1. The van der Waals surface area contributed by atoms with Crippen LogP contribution in [0.4, 0.5) is 4.39 Å². The van der Waals surface area contributed by atoms with Crippen LogP contribution >= 0.6 is 0 Å². The third-order valence-electron chi connectivity index (χ3n) is 4.32. The highest BCUT2D eigenvalue weighted by Gasteiger charge is 2.29. The predicted molar refractivity (Wildman–Crippen MR) is 88.0 cm³/mol. The molecule has 1 aromatic carbocycles. The highest BCUT2D eigenvalue weighted by Crippen LogP contribution is 2.39. The first-order valence-electron chi connectivity index (χ1n) is 8.04. The third-order valence-corrected chi connectivity index (χ3v) is 5.44. The fourth-order valence-electron chi connectivity index (χ4n) is 3.29. The molecule has 0 bridgehead atoms. The van der Waals surface area contributed by atoms with Gasteiger partial charge in [-0.2, -0.15) is 0 Å². The fourth-order valence-corrected chi connectivity index (χ4v) is 4.15. The van der Waals surface area contributed by atoms with E-state index in [2.05, 4.69) is 4.98 Å². The van der Waals surface area contributed by atoms with E-state index in [1.165, 1.54) is 6.07 Å². The molecule has 1 heterocycles. The maximum Gasteiger partial charge on any atom is 0.306 e. The smallest absolute Gasteiger partial charge is 0.306 e. The molecule has 1 aliphatic carbocycles. The van der Waals surface area contributed by atoms with Gasteiger partial charge in [-0.05, 0) is 43.4 Å². The maximum absolute atomic E-state index is 13.9. The first-order valence-corrected chi connectivity index (χ1v) is 9.94. The monoisotopic (exact) mass is 353 g/mol. The van der Waals surface area contributed by atoms with Gasteiger partial charge in [0.05, 0.1) is 16.1 Å². The summed E-state index contributed by atoms with van der Waals surface area (Å²) in [5.74, 6) is -0.863. The Morgan fingerprint density at radius 3 is 2.83 bits per heavy atom. The van der Waals surface area contributed by atoms with Crippen LogP contribution in [-0.2, 0) is 25.8 Å². The molecule has 0 saturated heterocycles. The number of aromatic amines is 1. The second-order valence-electron chi connectivity index (χ2n) is 6.24. The number of benzene rings is 1. The first kappa shape index (κ1) is 17.0. The normalized spacial score (nSPS) is 17.7. The summed E-state index contributed by atoms with van der Waals surface area (Å²) < 4.78 is 43.4. The van der Waals surface area contributed by atoms with E-state index in [-0.39, 0.29) is 10.9 Å². The molecule has 0 amide bonds. The van der Waals surface area contributed by atoms with Gasteiger partial charge in [-0.3, -0.25) is 4.79 Å². The van der Waals surface area contributed by atoms with Crippen LogP contribution in [-0.4, -0.2) is 25.6 Å². The summed E-state index contributed by atoms with van der Waals surface area (Å²) in [6.45, 7) is 1.90. The molecule has 0 aliphatic heterocycles. The lowest BCUT2D eigenvalue weighted by Gasteiger charge is -2.22. The Labute approximate surface area is 140 Å². The van der Waals surface area contributed by atoms with Gasteiger partial charge in [0.1, 0.15) is 11.9 Å². The van der Waals surface area contributed by atoms with Gasteiger partial charge >= 0.3 is 5.97 Å². The number of nitrogens with one attached hydrogen (secondary N) is 1. The Morgan fingerprint density at radius 1 is 1.42 bits per heavy atom. The molecule has 0 fully saturated rings. The Balaban J connectivity index is 2.14. The number of hydrogen-bond acceptors (Lipinski definition) is 4. The van der Waals surface area contributed by atoms with Crippen LogP contribution in [0.5, 0.6) is 0 Å². The van der Waals surface area contributed by atoms with Gasteiger partial charge in [-0.25, -0.2) is 12.8 Å². The van der Waals surface area contributed by atoms with Crippen molar-refractivity contribution >= 4 is 26.7 Å². The van der Waals surface area contributed by atoms with Crippen molar-refractivity contribution < 1.29 is 22.3 Å². The van der Waals surface area contributed by atoms with Crippen molar-refractivity contribution in [2.75, 3.05) is 6.26 Å². The van der Waals surface area contributed by atoms with Crippen LogP contribution in [0.25, 0.3) is 10.9 Å². The average molecular weight is 353 g/mol. The van der Waals surface area contributed by atoms with Crippen molar-refractivity contribution in [1.82, 2.24) is 4.98 Å². The summed E-state index contributed by atoms with van der Waals surface area (Å²) in [4.78, 5) is 14.9. The molecule has 3 rings (SSSR count). The summed E-state index contributed by atoms with van der Waals surface area (Å²) in [5.41, 5.74) is 1.92. The second-order valence-corrected chi connectivity index (χ2v) is 8.22. The number of ether oxygens (including phenoxy) is 1. The molecule has 24 heavy (non-hydrogen) atoms. The van der Waals surface area contributed by atoms with E-state index in [9.17, 15) is 17.6 Å². The lowest BCUT2D eigenvalue weighted by atomic mass is 9.93. The number of aryl methyl sites for hydroxylation is 1. The topological polar surface area (TPSA) is 76.2 Å². The quantitative estimate of drug-likeness (QED) is 0.855. The third kappa shape index (κ3) is 3.05. The molecule has 1 aromatic heterocycles. The van der Waals surface area contributed by atoms with E-state index >= 15 is 0 Å². The van der Waals surface area contributed by atoms with Gasteiger partial charge in [0.2, 0.25) is 0 Å². The van der Waals surface area contributed by atoms with Crippen molar-refractivity contribution in [3.05, 3.63) is 29.2 Å². The van der Waals surface area contributed by atoms with Gasteiger partial charge in [0, 0.05) is 18.1 Å². The van der Waals surface area contributed by atoms with E-state index in [4.69, 9.17) is 4.74 Å². The fraction of sp³-hybridized carbons (Fsp3) is 0.471. The number of halogens is 1. The summed E-state index contributed by atoms with van der Waals surface area (Å²) in [5, 5.41) is 0.557. The Hall–Kier alpha value is -1.89. The summed E-state index contributed by atoms with van der Waals surface area (Å²) in [6, 6.07) is 2.37. The van der Waals surface area contributed by atoms with Crippen molar-refractivity contribution in [3.8, 4) is 0 Å². The van der Waals surface area contributed by atoms with E-state index in [1.807, 2.05) is 6.92 Å². The molecular formula is C17H20FNO4S. The van der Waals surface area contributed by atoms with Crippen LogP contribution < -0.4 is 0 Å². The van der Waals surface area contributed by atoms with Crippen LogP contribution in [0.15, 0.2) is 17.0 Å². The summed E-state index contributed by atoms with van der Waals surface area (Å²) >= 11 is 0. The SMILES string of the molecule is CCCC(=O)O[C@@H]1CCCc2c1[nH]c1c(S(C)(=O)=O)cc(F)cc21. The van der Waals surface area contributed by atoms with Gasteiger partial charge in [-0.1, -0.05) is 6.92 Å². The predicted octanol–water partition coefficient (Wildman–Crippen LogP) is 3.43. The number of hydrogen-bond donors (Lipinski definition) is 1. The molecule has 2 aromatic rings. The number of rotatable bonds is 4. The number of H-pyrrole nitrogens is 1. The lowest BCUT2D eigenvalue weighted by Crippen LogP contribution is -2.16. The molecule has 0 unspecified atom stereocenters. The molecule has 5 nitrogen and oxygen atoms in total. The minimum absolute atomic E-state index is 0.0643. The van der Waals surface area contributed by atoms with Crippen molar-refractivity contribution in [1.29, 1.82) is 0 Å². The van der Waals surface area contributed by atoms with Gasteiger partial charge < -0.3 is 9.72 Å². The molecular weight excluding hydrogens is 333 g/mol. The van der Waals surface area contributed by atoms with Gasteiger partial charge in [0.25, 0.3) is 0 Å². The van der Waals surface area contributed by atoms with E-state index < -0.39 is 21.8 Å². The van der Waals surface area contributed by atoms with Gasteiger partial charge in [0.15, 0.2) is 9.84 Å². The standard InChI is InChI=1S/C17H20FNO4S/c1-3-5-15(20)23-13-7-4-6-11-12-8-10(18)9-14(24(2,21)22)17(12)19-16(11)13/h8-9,13,19H,3-7H2,1-2H3/t13-/m1/s1. The van der Waals surface area contributed by atoms with Crippen LogP contribution in [0.1, 0.15) is 50.0 Å². The molecule has 0 saturated carbocycles.